The molecule has 0 fully saturated rings. The summed E-state index contributed by atoms with van der Waals surface area (Å²) in [6, 6.07) is 11.7. The summed E-state index contributed by atoms with van der Waals surface area (Å²) < 4.78 is 6.65. The summed E-state index contributed by atoms with van der Waals surface area (Å²) in [5.41, 5.74) is 2.09. The van der Waals surface area contributed by atoms with E-state index < -0.39 is 0 Å². The summed E-state index contributed by atoms with van der Waals surface area (Å²) in [6.07, 6.45) is 1.70. The van der Waals surface area contributed by atoms with Gasteiger partial charge in [-0.3, -0.25) is 0 Å². The smallest absolute Gasteiger partial charge is 0.213 e. The summed E-state index contributed by atoms with van der Waals surface area (Å²) in [5, 5.41) is 0. The van der Waals surface area contributed by atoms with Gasteiger partial charge in [0.1, 0.15) is 6.61 Å². The predicted molar refractivity (Wildman–Crippen MR) is 72.3 cm³/mol. The molecule has 0 radical (unpaired) electrons. The van der Waals surface area contributed by atoms with Gasteiger partial charge in [0.15, 0.2) is 0 Å². The van der Waals surface area contributed by atoms with Crippen molar-refractivity contribution in [3.63, 3.8) is 0 Å². The number of pyridine rings is 1. The highest BCUT2D eigenvalue weighted by atomic mass is 79.9. The van der Waals surface area contributed by atoms with Crippen molar-refractivity contribution >= 4 is 27.5 Å². The van der Waals surface area contributed by atoms with Gasteiger partial charge in [-0.2, -0.15) is 0 Å². The van der Waals surface area contributed by atoms with Gasteiger partial charge in [0.05, 0.1) is 0 Å². The van der Waals surface area contributed by atoms with E-state index in [1.54, 1.807) is 6.20 Å². The summed E-state index contributed by atoms with van der Waals surface area (Å²) >= 11 is 9.23. The average Bonchev–Trinajstić information content (AvgIpc) is 2.38. The molecule has 2 aromatic rings. The Labute approximate surface area is 114 Å². The highest BCUT2D eigenvalue weighted by molar-refractivity contribution is 9.10. The third-order valence-corrected chi connectivity index (χ3v) is 3.37. The summed E-state index contributed by atoms with van der Waals surface area (Å²) in [5.74, 6) is 1.06. The van der Waals surface area contributed by atoms with Crippen molar-refractivity contribution in [1.82, 2.24) is 4.98 Å². The maximum absolute atomic E-state index is 5.75. The van der Waals surface area contributed by atoms with Gasteiger partial charge >= 0.3 is 0 Å². The zero-order valence-corrected chi connectivity index (χ0v) is 11.4. The minimum atomic E-state index is 0.466. The minimum Gasteiger partial charge on any atom is -0.473 e. The fourth-order valence-electron chi connectivity index (χ4n) is 1.38. The van der Waals surface area contributed by atoms with Gasteiger partial charge in [-0.25, -0.2) is 4.98 Å². The molecule has 2 rings (SSSR count). The van der Waals surface area contributed by atoms with Gasteiger partial charge in [0, 0.05) is 28.2 Å². The van der Waals surface area contributed by atoms with E-state index in [-0.39, 0.29) is 0 Å². The number of aromatic nitrogens is 1. The topological polar surface area (TPSA) is 22.1 Å². The van der Waals surface area contributed by atoms with Gasteiger partial charge < -0.3 is 4.74 Å². The number of ether oxygens (including phenoxy) is 1. The first-order valence-electron chi connectivity index (χ1n) is 5.16. The molecule has 0 saturated heterocycles. The molecular weight excluding hydrogens is 302 g/mol. The fourth-order valence-corrected chi connectivity index (χ4v) is 1.95. The Balaban J connectivity index is 2.05. The first-order valence-corrected chi connectivity index (χ1v) is 6.49. The van der Waals surface area contributed by atoms with Gasteiger partial charge in [-0.1, -0.05) is 34.1 Å². The zero-order valence-electron chi connectivity index (χ0n) is 9.07. The standard InChI is InChI=1S/C13H11BrClNO/c14-12-4-2-1-3-11(12)9-17-13-7-10(8-15)5-6-16-13/h1-7H,8-9H2. The van der Waals surface area contributed by atoms with Crippen LogP contribution in [0.15, 0.2) is 47.1 Å². The lowest BCUT2D eigenvalue weighted by atomic mass is 10.2. The first-order chi connectivity index (χ1) is 8.29. The lowest BCUT2D eigenvalue weighted by molar-refractivity contribution is 0.293. The Kier molecular flexibility index (Phi) is 4.40. The van der Waals surface area contributed by atoms with E-state index in [2.05, 4.69) is 20.9 Å². The SMILES string of the molecule is ClCc1ccnc(OCc2ccccc2Br)c1. The van der Waals surface area contributed by atoms with Crippen molar-refractivity contribution in [2.75, 3.05) is 0 Å². The molecule has 0 N–H and O–H groups in total. The number of benzene rings is 1. The number of halogens is 2. The quantitative estimate of drug-likeness (QED) is 0.791. The van der Waals surface area contributed by atoms with E-state index in [1.807, 2.05) is 36.4 Å². The molecule has 0 spiro atoms. The van der Waals surface area contributed by atoms with Crippen molar-refractivity contribution < 1.29 is 4.74 Å². The Bertz CT molecular complexity index is 504. The zero-order chi connectivity index (χ0) is 12.1. The highest BCUT2D eigenvalue weighted by Crippen LogP contribution is 2.18. The van der Waals surface area contributed by atoms with Crippen LogP contribution in [0.4, 0.5) is 0 Å². The Morgan fingerprint density at radius 1 is 1.24 bits per heavy atom. The fraction of sp³-hybridized carbons (Fsp3) is 0.154. The largest absolute Gasteiger partial charge is 0.473 e. The molecule has 0 aliphatic carbocycles. The maximum atomic E-state index is 5.75. The second-order valence-electron chi connectivity index (χ2n) is 3.52. The van der Waals surface area contributed by atoms with E-state index in [0.29, 0.717) is 18.4 Å². The van der Waals surface area contributed by atoms with Crippen molar-refractivity contribution in [3.8, 4) is 5.88 Å². The van der Waals surface area contributed by atoms with E-state index in [9.17, 15) is 0 Å². The molecular formula is C13H11BrClNO. The molecule has 0 unspecified atom stereocenters. The van der Waals surface area contributed by atoms with Crippen LogP contribution in [-0.4, -0.2) is 4.98 Å². The lowest BCUT2D eigenvalue weighted by Crippen LogP contribution is -1.98. The molecule has 1 aromatic heterocycles. The number of alkyl halides is 1. The van der Waals surface area contributed by atoms with E-state index in [0.717, 1.165) is 15.6 Å². The van der Waals surface area contributed by atoms with Crippen LogP contribution in [0.2, 0.25) is 0 Å². The average molecular weight is 313 g/mol. The first kappa shape index (κ1) is 12.4. The second kappa shape index (κ2) is 6.03. The summed E-state index contributed by atoms with van der Waals surface area (Å²) in [7, 11) is 0. The van der Waals surface area contributed by atoms with E-state index >= 15 is 0 Å². The molecule has 0 saturated carbocycles. The number of hydrogen-bond acceptors (Lipinski definition) is 2. The Morgan fingerprint density at radius 2 is 2.06 bits per heavy atom. The molecule has 1 aromatic carbocycles. The molecule has 1 heterocycles. The lowest BCUT2D eigenvalue weighted by Gasteiger charge is -2.07. The monoisotopic (exact) mass is 311 g/mol. The van der Waals surface area contributed by atoms with E-state index in [1.165, 1.54) is 0 Å². The molecule has 0 aliphatic rings. The number of rotatable bonds is 4. The Hall–Kier alpha value is -1.06. The van der Waals surface area contributed by atoms with Crippen molar-refractivity contribution in [1.29, 1.82) is 0 Å². The van der Waals surface area contributed by atoms with Crippen LogP contribution >= 0.6 is 27.5 Å². The third-order valence-electron chi connectivity index (χ3n) is 2.29. The Morgan fingerprint density at radius 3 is 2.82 bits per heavy atom. The molecule has 0 aliphatic heterocycles. The van der Waals surface area contributed by atoms with Gasteiger partial charge in [-0.05, 0) is 17.7 Å². The van der Waals surface area contributed by atoms with Crippen LogP contribution in [0, 0.1) is 0 Å². The minimum absolute atomic E-state index is 0.466. The van der Waals surface area contributed by atoms with E-state index in [4.69, 9.17) is 16.3 Å². The third kappa shape index (κ3) is 3.45. The molecule has 4 heteroatoms. The maximum Gasteiger partial charge on any atom is 0.213 e. The van der Waals surface area contributed by atoms with Gasteiger partial charge in [-0.15, -0.1) is 11.6 Å². The van der Waals surface area contributed by atoms with Crippen LogP contribution in [0.25, 0.3) is 0 Å². The molecule has 2 nitrogen and oxygen atoms in total. The molecule has 0 bridgehead atoms. The van der Waals surface area contributed by atoms with Crippen molar-refractivity contribution in [2.24, 2.45) is 0 Å². The normalized spacial score (nSPS) is 10.2. The highest BCUT2D eigenvalue weighted by Gasteiger charge is 2.01. The molecule has 17 heavy (non-hydrogen) atoms. The van der Waals surface area contributed by atoms with Crippen LogP contribution in [0.1, 0.15) is 11.1 Å². The second-order valence-corrected chi connectivity index (χ2v) is 4.64. The predicted octanol–water partition coefficient (Wildman–Crippen LogP) is 4.16. The van der Waals surface area contributed by atoms with Crippen LogP contribution in [0.5, 0.6) is 5.88 Å². The van der Waals surface area contributed by atoms with Crippen LogP contribution in [0.3, 0.4) is 0 Å². The summed E-state index contributed by atoms with van der Waals surface area (Å²) in [6.45, 7) is 0.486. The van der Waals surface area contributed by atoms with Crippen molar-refractivity contribution in [2.45, 2.75) is 12.5 Å². The van der Waals surface area contributed by atoms with Gasteiger partial charge in [0.25, 0.3) is 0 Å². The molecule has 88 valence electrons. The molecule has 0 atom stereocenters. The molecule has 0 amide bonds. The van der Waals surface area contributed by atoms with Crippen molar-refractivity contribution in [3.05, 3.63) is 58.2 Å². The van der Waals surface area contributed by atoms with Gasteiger partial charge in [0.2, 0.25) is 5.88 Å². The number of nitrogens with zero attached hydrogens (tertiary/aromatic N) is 1. The number of hydrogen-bond donors (Lipinski definition) is 0. The van der Waals surface area contributed by atoms with Crippen LogP contribution < -0.4 is 4.74 Å². The van der Waals surface area contributed by atoms with Crippen LogP contribution in [-0.2, 0) is 12.5 Å². The summed E-state index contributed by atoms with van der Waals surface area (Å²) in [4.78, 5) is 4.14.